The van der Waals surface area contributed by atoms with Crippen molar-refractivity contribution in [2.24, 2.45) is 23.0 Å². The van der Waals surface area contributed by atoms with Crippen LogP contribution in [0.3, 0.4) is 0 Å². The number of hydrogen-bond acceptors (Lipinski definition) is 6. The number of carbonyl (C=O) groups is 2. The Labute approximate surface area is 270 Å². The van der Waals surface area contributed by atoms with E-state index >= 15 is 0 Å². The van der Waals surface area contributed by atoms with Gasteiger partial charge < -0.3 is 20.2 Å². The number of nitrogens with one attached hydrogen (secondary N) is 1. The molecule has 4 atom stereocenters. The first-order valence-corrected chi connectivity index (χ1v) is 20.2. The number of thioether (sulfide) groups is 1. The van der Waals surface area contributed by atoms with Crippen LogP contribution in [0.25, 0.3) is 0 Å². The molecule has 2 aliphatic rings. The molecule has 1 amide bonds. The molecule has 0 aromatic heterocycles. The van der Waals surface area contributed by atoms with Crippen LogP contribution in [0.4, 0.5) is 0 Å². The van der Waals surface area contributed by atoms with Gasteiger partial charge in [0.2, 0.25) is 5.91 Å². The van der Waals surface area contributed by atoms with Crippen LogP contribution >= 0.6 is 11.8 Å². The first-order chi connectivity index (χ1) is 20.7. The van der Waals surface area contributed by atoms with Gasteiger partial charge in [-0.25, -0.2) is 0 Å². The largest absolute Gasteiger partial charge is 0.473 e. The summed E-state index contributed by atoms with van der Waals surface area (Å²) in [5.41, 5.74) is 6.93. The standard InChI is InChI=1S/C36H54N2O4SSi/c1-24(2)36(34(40)38-6,23-30(42-44(7,8)35(3,4)5)29(37)22-25-16-11-9-12-17-25)32(39)27-20-15-21-28-31(27)41-33(28)43-26-18-13-10-14-19-26/h10,13-15,18-21,24-25,29-30,33H,9,11-12,16-17,22-23,37H2,1-8H3,(H,38,40)/t29-,30-,33?,36-/m0/s1. The summed E-state index contributed by atoms with van der Waals surface area (Å²) >= 11 is 1.61. The molecule has 1 saturated carbocycles. The highest BCUT2D eigenvalue weighted by atomic mass is 32.2. The highest BCUT2D eigenvalue weighted by Gasteiger charge is 2.53. The van der Waals surface area contributed by atoms with Crippen LogP contribution in [0.1, 0.15) is 101 Å². The van der Waals surface area contributed by atoms with Gasteiger partial charge >= 0.3 is 0 Å². The molecular formula is C36H54N2O4SSi. The van der Waals surface area contributed by atoms with Gasteiger partial charge in [0.1, 0.15) is 11.2 Å². The van der Waals surface area contributed by atoms with E-state index in [9.17, 15) is 9.59 Å². The Morgan fingerprint density at radius 1 is 1.05 bits per heavy atom. The van der Waals surface area contributed by atoms with Gasteiger partial charge in [-0.05, 0) is 61.0 Å². The molecule has 1 aliphatic carbocycles. The molecule has 242 valence electrons. The fourth-order valence-corrected chi connectivity index (χ4v) is 8.88. The van der Waals surface area contributed by atoms with Gasteiger partial charge in [0, 0.05) is 23.5 Å². The average Bonchev–Trinajstić information content (AvgIpc) is 2.97. The highest BCUT2D eigenvalue weighted by Crippen LogP contribution is 2.52. The van der Waals surface area contributed by atoms with Crippen molar-refractivity contribution in [2.45, 2.75) is 120 Å². The molecule has 44 heavy (non-hydrogen) atoms. The second-order valence-corrected chi connectivity index (χ2v) is 20.6. The number of hydrogen-bond donors (Lipinski definition) is 2. The molecule has 1 aliphatic heterocycles. The Balaban J connectivity index is 1.71. The van der Waals surface area contributed by atoms with Crippen molar-refractivity contribution in [3.05, 3.63) is 59.7 Å². The van der Waals surface area contributed by atoms with E-state index in [1.807, 2.05) is 44.2 Å². The fraction of sp³-hybridized carbons (Fsp3) is 0.611. The van der Waals surface area contributed by atoms with Crippen molar-refractivity contribution in [1.29, 1.82) is 0 Å². The monoisotopic (exact) mass is 638 g/mol. The smallest absolute Gasteiger partial charge is 0.234 e. The molecule has 2 aromatic rings. The summed E-state index contributed by atoms with van der Waals surface area (Å²) in [4.78, 5) is 30.0. The van der Waals surface area contributed by atoms with E-state index < -0.39 is 19.8 Å². The van der Waals surface area contributed by atoms with Crippen LogP contribution in [0.5, 0.6) is 5.75 Å². The summed E-state index contributed by atoms with van der Waals surface area (Å²) in [7, 11) is -0.680. The minimum Gasteiger partial charge on any atom is -0.473 e. The Kier molecular flexibility index (Phi) is 11.1. The molecule has 1 heterocycles. The molecule has 8 heteroatoms. The summed E-state index contributed by atoms with van der Waals surface area (Å²) in [6.07, 6.45) is 6.76. The van der Waals surface area contributed by atoms with Crippen molar-refractivity contribution >= 4 is 31.8 Å². The number of rotatable bonds is 13. The first-order valence-electron chi connectivity index (χ1n) is 16.4. The molecule has 0 saturated heterocycles. The van der Waals surface area contributed by atoms with Gasteiger partial charge in [0.25, 0.3) is 0 Å². The Morgan fingerprint density at radius 3 is 2.30 bits per heavy atom. The van der Waals surface area contributed by atoms with E-state index in [0.29, 0.717) is 17.2 Å². The maximum Gasteiger partial charge on any atom is 0.234 e. The van der Waals surface area contributed by atoms with Crippen LogP contribution in [0, 0.1) is 17.3 Å². The highest BCUT2D eigenvalue weighted by molar-refractivity contribution is 7.99. The van der Waals surface area contributed by atoms with Gasteiger partial charge in [-0.3, -0.25) is 9.59 Å². The van der Waals surface area contributed by atoms with Gasteiger partial charge in [-0.15, -0.1) is 0 Å². The van der Waals surface area contributed by atoms with E-state index in [2.05, 4.69) is 51.3 Å². The lowest BCUT2D eigenvalue weighted by Gasteiger charge is -2.45. The second-order valence-electron chi connectivity index (χ2n) is 14.7. The maximum absolute atomic E-state index is 14.9. The van der Waals surface area contributed by atoms with Gasteiger partial charge in [0.15, 0.2) is 19.5 Å². The lowest BCUT2D eigenvalue weighted by atomic mass is 9.66. The number of nitrogens with two attached hydrogens (primary N) is 1. The van der Waals surface area contributed by atoms with Crippen LogP contribution in [-0.2, 0) is 9.22 Å². The third-order valence-corrected chi connectivity index (χ3v) is 16.0. The number of ketones is 1. The van der Waals surface area contributed by atoms with E-state index in [1.54, 1.807) is 24.9 Å². The minimum atomic E-state index is -2.30. The number of Topliss-reactive ketones (excluding diaryl/α,β-unsaturated/α-hetero) is 1. The summed E-state index contributed by atoms with van der Waals surface area (Å²) < 4.78 is 13.4. The summed E-state index contributed by atoms with van der Waals surface area (Å²) in [5, 5.41) is 2.81. The molecule has 4 rings (SSSR count). The second kappa shape index (κ2) is 14.1. The molecule has 0 radical (unpaired) electrons. The van der Waals surface area contributed by atoms with E-state index in [1.165, 1.54) is 32.1 Å². The quantitative estimate of drug-likeness (QED) is 0.130. The maximum atomic E-state index is 14.9. The minimum absolute atomic E-state index is 0.0467. The first kappa shape index (κ1) is 34.7. The van der Waals surface area contributed by atoms with Crippen molar-refractivity contribution in [2.75, 3.05) is 7.05 Å². The predicted octanol–water partition coefficient (Wildman–Crippen LogP) is 8.52. The van der Waals surface area contributed by atoms with Gasteiger partial charge in [-0.1, -0.05) is 109 Å². The Morgan fingerprint density at radius 2 is 1.70 bits per heavy atom. The molecule has 3 N–H and O–H groups in total. The number of ether oxygens (including phenoxy) is 1. The van der Waals surface area contributed by atoms with Crippen molar-refractivity contribution in [3.63, 3.8) is 0 Å². The number of amides is 1. The average molecular weight is 639 g/mol. The predicted molar refractivity (Wildman–Crippen MR) is 184 cm³/mol. The van der Waals surface area contributed by atoms with Crippen molar-refractivity contribution in [3.8, 4) is 5.75 Å². The fourth-order valence-electron chi connectivity index (χ4n) is 6.50. The van der Waals surface area contributed by atoms with Crippen LogP contribution in [-0.4, -0.2) is 39.2 Å². The van der Waals surface area contributed by atoms with Crippen LogP contribution in [0.15, 0.2) is 53.4 Å². The zero-order valence-corrected chi connectivity index (χ0v) is 29.9. The molecule has 0 spiro atoms. The molecule has 0 bridgehead atoms. The number of fused-ring (bicyclic) bond motifs is 1. The summed E-state index contributed by atoms with van der Waals surface area (Å²) in [5.74, 6) is 0.314. The summed E-state index contributed by atoms with van der Waals surface area (Å²) in [6.45, 7) is 15.0. The van der Waals surface area contributed by atoms with E-state index in [4.69, 9.17) is 14.9 Å². The SMILES string of the molecule is CNC(=O)[C@](C[C@H](O[Si](C)(C)C(C)(C)C)[C@@H](N)CC1CCCCC1)(C(=O)c1cccc2c1OC2Sc1ccccc1)C(C)C. The number of carbonyl (C=O) groups excluding carboxylic acids is 2. The van der Waals surface area contributed by atoms with E-state index in [0.717, 1.165) is 16.9 Å². The van der Waals surface area contributed by atoms with Crippen molar-refractivity contribution < 1.29 is 18.8 Å². The number of para-hydroxylation sites is 1. The normalized spacial score (nSPS) is 20.1. The van der Waals surface area contributed by atoms with E-state index in [-0.39, 0.29) is 40.5 Å². The van der Waals surface area contributed by atoms with Gasteiger partial charge in [0.05, 0.1) is 11.7 Å². The molecule has 1 fully saturated rings. The van der Waals surface area contributed by atoms with Crippen LogP contribution < -0.4 is 15.8 Å². The summed E-state index contributed by atoms with van der Waals surface area (Å²) in [6, 6.07) is 15.5. The Bertz CT molecular complexity index is 1290. The third-order valence-electron chi connectivity index (χ3n) is 10.4. The number of benzene rings is 2. The molecule has 2 aromatic carbocycles. The van der Waals surface area contributed by atoms with Gasteiger partial charge in [-0.2, -0.15) is 0 Å². The molecule has 1 unspecified atom stereocenters. The topological polar surface area (TPSA) is 90.6 Å². The lowest BCUT2D eigenvalue weighted by Crippen LogP contribution is -2.56. The third kappa shape index (κ3) is 7.29. The molecule has 6 nitrogen and oxygen atoms in total. The molecular weight excluding hydrogens is 585 g/mol. The zero-order chi connectivity index (χ0) is 32.3. The van der Waals surface area contributed by atoms with Crippen molar-refractivity contribution in [1.82, 2.24) is 5.32 Å². The van der Waals surface area contributed by atoms with Crippen LogP contribution in [0.2, 0.25) is 18.1 Å². The zero-order valence-electron chi connectivity index (χ0n) is 28.1. The Hall–Kier alpha value is -2.13. The lowest BCUT2D eigenvalue weighted by molar-refractivity contribution is -0.132.